The number of aromatic nitrogens is 1. The van der Waals surface area contributed by atoms with Crippen molar-refractivity contribution in [2.75, 3.05) is 26.2 Å². The van der Waals surface area contributed by atoms with Crippen LogP contribution in [0.5, 0.6) is 0 Å². The number of pyridine rings is 1. The number of nitrogens with one attached hydrogen (secondary N) is 1. The van der Waals surface area contributed by atoms with Gasteiger partial charge in [-0.1, -0.05) is 18.2 Å². The second kappa shape index (κ2) is 9.54. The van der Waals surface area contributed by atoms with Crippen molar-refractivity contribution in [3.8, 4) is 0 Å². The number of amides is 1. The predicted molar refractivity (Wildman–Crippen MR) is 110 cm³/mol. The minimum atomic E-state index is 0. The number of fused-ring (bicyclic) bond motifs is 2. The molecular formula is C20H27Cl2N3O. The number of hydrogen-bond donors (Lipinski definition) is 1. The molecule has 4 rings (SSSR count). The predicted octanol–water partition coefficient (Wildman–Crippen LogP) is 3.47. The fraction of sp³-hybridized carbons (Fsp3) is 0.500. The second-order valence-electron chi connectivity index (χ2n) is 7.12. The number of likely N-dealkylation sites (tertiary alicyclic amines) is 1. The van der Waals surface area contributed by atoms with Gasteiger partial charge in [-0.15, -0.1) is 24.8 Å². The van der Waals surface area contributed by atoms with Gasteiger partial charge in [0.2, 0.25) is 5.91 Å². The van der Waals surface area contributed by atoms with Crippen molar-refractivity contribution in [3.05, 3.63) is 42.1 Å². The van der Waals surface area contributed by atoms with E-state index < -0.39 is 0 Å². The van der Waals surface area contributed by atoms with E-state index in [0.717, 1.165) is 62.8 Å². The average molecular weight is 396 g/mol. The zero-order chi connectivity index (χ0) is 16.4. The minimum Gasteiger partial charge on any atom is -0.343 e. The molecule has 142 valence electrons. The molecular weight excluding hydrogens is 369 g/mol. The average Bonchev–Trinajstić information content (AvgIpc) is 2.98. The molecule has 2 saturated heterocycles. The van der Waals surface area contributed by atoms with Crippen LogP contribution in [0, 0.1) is 11.8 Å². The van der Waals surface area contributed by atoms with Gasteiger partial charge in [0.25, 0.3) is 0 Å². The van der Waals surface area contributed by atoms with Crippen molar-refractivity contribution in [2.24, 2.45) is 11.8 Å². The van der Waals surface area contributed by atoms with Gasteiger partial charge in [-0.2, -0.15) is 0 Å². The van der Waals surface area contributed by atoms with Crippen molar-refractivity contribution in [3.63, 3.8) is 0 Å². The van der Waals surface area contributed by atoms with Crippen LogP contribution in [0.4, 0.5) is 0 Å². The third-order valence-electron chi connectivity index (χ3n) is 5.72. The summed E-state index contributed by atoms with van der Waals surface area (Å²) in [5.41, 5.74) is 2.24. The van der Waals surface area contributed by atoms with E-state index in [4.69, 9.17) is 0 Å². The Bertz CT molecular complexity index is 721. The summed E-state index contributed by atoms with van der Waals surface area (Å²) in [6.45, 7) is 4.13. The summed E-state index contributed by atoms with van der Waals surface area (Å²) in [6.07, 6.45) is 5.56. The molecule has 2 fully saturated rings. The summed E-state index contributed by atoms with van der Waals surface area (Å²) < 4.78 is 0. The molecule has 0 saturated carbocycles. The lowest BCUT2D eigenvalue weighted by molar-refractivity contribution is -0.131. The highest BCUT2D eigenvalue weighted by molar-refractivity contribution is 5.85. The van der Waals surface area contributed by atoms with Gasteiger partial charge in [0, 0.05) is 31.1 Å². The van der Waals surface area contributed by atoms with Gasteiger partial charge < -0.3 is 10.2 Å². The number of para-hydroxylation sites is 1. The number of nitrogens with zero attached hydrogens (tertiary/aromatic N) is 2. The normalized spacial score (nSPS) is 22.1. The van der Waals surface area contributed by atoms with Gasteiger partial charge in [0.15, 0.2) is 0 Å². The maximum absolute atomic E-state index is 12.7. The van der Waals surface area contributed by atoms with Crippen molar-refractivity contribution >= 4 is 41.6 Å². The molecule has 2 aliphatic rings. The molecule has 0 unspecified atom stereocenters. The number of carbonyl (C=O) groups is 1. The van der Waals surface area contributed by atoms with Crippen LogP contribution in [-0.2, 0) is 11.2 Å². The monoisotopic (exact) mass is 395 g/mol. The third-order valence-corrected chi connectivity index (χ3v) is 5.72. The number of halogens is 2. The van der Waals surface area contributed by atoms with Crippen LogP contribution in [0.2, 0.25) is 0 Å². The Hall–Kier alpha value is -1.36. The highest BCUT2D eigenvalue weighted by Gasteiger charge is 2.31. The number of aryl methyl sites for hydroxylation is 1. The van der Waals surface area contributed by atoms with Crippen molar-refractivity contribution in [1.29, 1.82) is 0 Å². The molecule has 4 nitrogen and oxygen atoms in total. The van der Waals surface area contributed by atoms with E-state index in [2.05, 4.69) is 21.3 Å². The van der Waals surface area contributed by atoms with E-state index in [0.29, 0.717) is 12.3 Å². The second-order valence-corrected chi connectivity index (χ2v) is 7.12. The largest absolute Gasteiger partial charge is 0.343 e. The summed E-state index contributed by atoms with van der Waals surface area (Å²) >= 11 is 0. The third kappa shape index (κ3) is 4.48. The molecule has 0 radical (unpaired) electrons. The maximum Gasteiger partial charge on any atom is 0.222 e. The molecule has 0 bridgehead atoms. The van der Waals surface area contributed by atoms with Crippen LogP contribution >= 0.6 is 24.8 Å². The standard InChI is InChI=1S/C20H25N3O.2ClH/c24-20(23-11-8-16-13-21-14-17(16)9-12-23)6-5-15-7-10-22-19-4-2-1-3-18(15)19;;/h1-4,7,10,16-17,21H,5-6,8-9,11-14H2;2*1H/t16-,17+;;. The van der Waals surface area contributed by atoms with E-state index in [-0.39, 0.29) is 24.8 Å². The summed E-state index contributed by atoms with van der Waals surface area (Å²) in [5.74, 6) is 1.85. The first kappa shape index (κ1) is 20.9. The number of rotatable bonds is 3. The summed E-state index contributed by atoms with van der Waals surface area (Å²) in [6, 6.07) is 10.2. The van der Waals surface area contributed by atoms with Crippen molar-refractivity contribution in [2.45, 2.75) is 25.7 Å². The van der Waals surface area contributed by atoms with E-state index in [1.165, 1.54) is 10.9 Å². The molecule has 1 amide bonds. The molecule has 0 spiro atoms. The topological polar surface area (TPSA) is 45.2 Å². The van der Waals surface area contributed by atoms with Crippen molar-refractivity contribution < 1.29 is 4.79 Å². The molecule has 6 heteroatoms. The Morgan fingerprint density at radius 1 is 1.08 bits per heavy atom. The summed E-state index contributed by atoms with van der Waals surface area (Å²) in [5, 5.41) is 4.66. The first-order chi connectivity index (χ1) is 11.8. The van der Waals surface area contributed by atoms with Crippen LogP contribution in [0.3, 0.4) is 0 Å². The Kier molecular flexibility index (Phi) is 7.69. The molecule has 1 aromatic heterocycles. The van der Waals surface area contributed by atoms with Gasteiger partial charge >= 0.3 is 0 Å². The Balaban J connectivity index is 0.00000121. The smallest absolute Gasteiger partial charge is 0.222 e. The first-order valence-electron chi connectivity index (χ1n) is 9.12. The SMILES string of the molecule is Cl.Cl.O=C(CCc1ccnc2ccccc12)N1CC[C@@H]2CNC[C@@H]2CC1. The van der Waals surface area contributed by atoms with Crippen LogP contribution in [0.15, 0.2) is 36.5 Å². The fourth-order valence-corrected chi connectivity index (χ4v) is 4.24. The van der Waals surface area contributed by atoms with Gasteiger partial charge in [-0.25, -0.2) is 0 Å². The molecule has 2 atom stereocenters. The van der Waals surface area contributed by atoms with Crippen LogP contribution in [0.1, 0.15) is 24.8 Å². The Morgan fingerprint density at radius 2 is 1.77 bits per heavy atom. The van der Waals surface area contributed by atoms with Crippen LogP contribution in [-0.4, -0.2) is 42.0 Å². The number of carbonyl (C=O) groups excluding carboxylic acids is 1. The highest BCUT2D eigenvalue weighted by atomic mass is 35.5. The Morgan fingerprint density at radius 3 is 2.50 bits per heavy atom. The van der Waals surface area contributed by atoms with E-state index in [1.54, 1.807) is 0 Å². The fourth-order valence-electron chi connectivity index (χ4n) is 4.24. The molecule has 2 aliphatic heterocycles. The molecule has 2 aromatic rings. The van der Waals surface area contributed by atoms with E-state index >= 15 is 0 Å². The molecule has 1 aromatic carbocycles. The molecule has 0 aliphatic carbocycles. The maximum atomic E-state index is 12.7. The van der Waals surface area contributed by atoms with E-state index in [1.807, 2.05) is 30.5 Å². The lowest BCUT2D eigenvalue weighted by atomic mass is 9.92. The van der Waals surface area contributed by atoms with Crippen LogP contribution in [0.25, 0.3) is 10.9 Å². The van der Waals surface area contributed by atoms with Crippen molar-refractivity contribution in [1.82, 2.24) is 15.2 Å². The number of hydrogen-bond acceptors (Lipinski definition) is 3. The van der Waals surface area contributed by atoms with Gasteiger partial charge in [0.1, 0.15) is 0 Å². The molecule has 26 heavy (non-hydrogen) atoms. The lowest BCUT2D eigenvalue weighted by Gasteiger charge is -2.21. The van der Waals surface area contributed by atoms with E-state index in [9.17, 15) is 4.79 Å². The zero-order valence-corrected chi connectivity index (χ0v) is 16.5. The van der Waals surface area contributed by atoms with Crippen LogP contribution < -0.4 is 5.32 Å². The van der Waals surface area contributed by atoms with Gasteiger partial charge in [0.05, 0.1) is 5.52 Å². The summed E-state index contributed by atoms with van der Waals surface area (Å²) in [4.78, 5) is 19.2. The quantitative estimate of drug-likeness (QED) is 0.864. The zero-order valence-electron chi connectivity index (χ0n) is 14.9. The highest BCUT2D eigenvalue weighted by Crippen LogP contribution is 2.27. The van der Waals surface area contributed by atoms with Gasteiger partial charge in [-0.3, -0.25) is 9.78 Å². The first-order valence-corrected chi connectivity index (χ1v) is 9.12. The van der Waals surface area contributed by atoms with Gasteiger partial charge in [-0.05, 0) is 61.9 Å². The minimum absolute atomic E-state index is 0. The summed E-state index contributed by atoms with van der Waals surface area (Å²) in [7, 11) is 0. The molecule has 1 N–H and O–H groups in total. The lowest BCUT2D eigenvalue weighted by Crippen LogP contribution is -2.32. The Labute approximate surface area is 167 Å². The number of benzene rings is 1. The molecule has 3 heterocycles.